The number of carbonyl (C=O) groups excluding carboxylic acids is 1. The van der Waals surface area contributed by atoms with Gasteiger partial charge in [0.25, 0.3) is 0 Å². The molecule has 1 amide bonds. The molecule has 1 rings (SSSR count). The van der Waals surface area contributed by atoms with Gasteiger partial charge in [0.2, 0.25) is 5.91 Å². The van der Waals surface area contributed by atoms with Crippen LogP contribution in [0.1, 0.15) is 45.4 Å². The van der Waals surface area contributed by atoms with Crippen molar-refractivity contribution < 1.29 is 9.90 Å². The highest BCUT2D eigenvalue weighted by atomic mass is 16.3. The van der Waals surface area contributed by atoms with Gasteiger partial charge in [-0.15, -0.1) is 12.3 Å². The third kappa shape index (κ3) is 4.24. The van der Waals surface area contributed by atoms with Crippen LogP contribution in [0, 0.1) is 12.3 Å². The number of hydrogen-bond acceptors (Lipinski definition) is 2. The Labute approximate surface area is 97.8 Å². The summed E-state index contributed by atoms with van der Waals surface area (Å²) in [4.78, 5) is 13.6. The van der Waals surface area contributed by atoms with Gasteiger partial charge in [0.15, 0.2) is 0 Å². The second-order valence-electron chi connectivity index (χ2n) is 4.83. The van der Waals surface area contributed by atoms with E-state index < -0.39 is 5.60 Å². The summed E-state index contributed by atoms with van der Waals surface area (Å²) in [7, 11) is 0. The van der Waals surface area contributed by atoms with Crippen LogP contribution in [0.2, 0.25) is 0 Å². The lowest BCUT2D eigenvalue weighted by Crippen LogP contribution is -2.48. The molecule has 1 aliphatic heterocycles. The van der Waals surface area contributed by atoms with Crippen LogP contribution in [0.25, 0.3) is 0 Å². The quantitative estimate of drug-likeness (QED) is 0.580. The molecule has 1 N–H and O–H groups in total. The van der Waals surface area contributed by atoms with Crippen molar-refractivity contribution in [2.75, 3.05) is 13.1 Å². The molecule has 3 nitrogen and oxygen atoms in total. The zero-order valence-corrected chi connectivity index (χ0v) is 10.0. The Bertz CT molecular complexity index is 278. The van der Waals surface area contributed by atoms with Gasteiger partial charge in [-0.2, -0.15) is 0 Å². The lowest BCUT2D eigenvalue weighted by molar-refractivity contribution is -0.137. The molecule has 1 heterocycles. The Hall–Kier alpha value is -1.01. The lowest BCUT2D eigenvalue weighted by atomic mass is 9.95. The minimum Gasteiger partial charge on any atom is -0.388 e. The topological polar surface area (TPSA) is 40.5 Å². The first-order valence-corrected chi connectivity index (χ1v) is 5.99. The molecule has 0 radical (unpaired) electrons. The predicted molar refractivity (Wildman–Crippen MR) is 63.7 cm³/mol. The van der Waals surface area contributed by atoms with E-state index in [1.807, 2.05) is 0 Å². The second kappa shape index (κ2) is 5.91. The molecule has 0 aromatic heterocycles. The maximum absolute atomic E-state index is 11.8. The summed E-state index contributed by atoms with van der Waals surface area (Å²) in [5, 5.41) is 9.88. The molecule has 1 unspecified atom stereocenters. The molecule has 0 spiro atoms. The maximum atomic E-state index is 11.8. The molecule has 16 heavy (non-hydrogen) atoms. The number of rotatable bonds is 4. The fraction of sp³-hybridized carbons (Fsp3) is 0.769. The summed E-state index contributed by atoms with van der Waals surface area (Å²) in [5.74, 6) is 2.72. The molecule has 1 aliphatic rings. The molecule has 1 fully saturated rings. The highest BCUT2D eigenvalue weighted by Gasteiger charge is 2.30. The van der Waals surface area contributed by atoms with Crippen molar-refractivity contribution in [1.82, 2.24) is 4.90 Å². The molecule has 0 aromatic rings. The van der Waals surface area contributed by atoms with Gasteiger partial charge in [0.05, 0.1) is 5.60 Å². The summed E-state index contributed by atoms with van der Waals surface area (Å²) < 4.78 is 0. The van der Waals surface area contributed by atoms with Gasteiger partial charge in [-0.05, 0) is 32.6 Å². The van der Waals surface area contributed by atoms with E-state index in [1.165, 1.54) is 0 Å². The average molecular weight is 223 g/mol. The SMILES string of the molecule is C#CCCCCC(=O)N1CCCC(C)(O)C1. The fourth-order valence-electron chi connectivity index (χ4n) is 2.09. The number of aliphatic hydroxyl groups is 1. The normalized spacial score (nSPS) is 25.2. The Morgan fingerprint density at radius 2 is 2.31 bits per heavy atom. The lowest BCUT2D eigenvalue weighted by Gasteiger charge is -2.36. The monoisotopic (exact) mass is 223 g/mol. The number of likely N-dealkylation sites (tertiary alicyclic amines) is 1. The zero-order chi connectivity index (χ0) is 12.0. The first kappa shape index (κ1) is 13.1. The number of terminal acetylenes is 1. The molecule has 0 bridgehead atoms. The van der Waals surface area contributed by atoms with Crippen LogP contribution in [0.4, 0.5) is 0 Å². The van der Waals surface area contributed by atoms with Crippen LogP contribution < -0.4 is 0 Å². The van der Waals surface area contributed by atoms with Gasteiger partial charge in [0.1, 0.15) is 0 Å². The molecular weight excluding hydrogens is 202 g/mol. The summed E-state index contributed by atoms with van der Waals surface area (Å²) in [6.07, 6.45) is 9.88. The molecule has 1 atom stereocenters. The Balaban J connectivity index is 2.28. The van der Waals surface area contributed by atoms with Gasteiger partial charge in [-0.25, -0.2) is 0 Å². The fourth-order valence-corrected chi connectivity index (χ4v) is 2.09. The smallest absolute Gasteiger partial charge is 0.222 e. The average Bonchev–Trinajstić information content (AvgIpc) is 2.22. The Morgan fingerprint density at radius 3 is 2.94 bits per heavy atom. The minimum absolute atomic E-state index is 0.150. The Morgan fingerprint density at radius 1 is 1.56 bits per heavy atom. The maximum Gasteiger partial charge on any atom is 0.222 e. The molecule has 0 aliphatic carbocycles. The third-order valence-electron chi connectivity index (χ3n) is 2.99. The number of hydrogen-bond donors (Lipinski definition) is 1. The summed E-state index contributed by atoms with van der Waals surface area (Å²) in [5.41, 5.74) is -0.702. The molecule has 3 heteroatoms. The summed E-state index contributed by atoms with van der Waals surface area (Å²) in [6.45, 7) is 3.05. The van der Waals surface area contributed by atoms with Crippen molar-refractivity contribution >= 4 is 5.91 Å². The number of nitrogens with zero attached hydrogens (tertiary/aromatic N) is 1. The predicted octanol–water partition coefficient (Wildman–Crippen LogP) is 1.55. The molecule has 90 valence electrons. The van der Waals surface area contributed by atoms with E-state index in [1.54, 1.807) is 11.8 Å². The van der Waals surface area contributed by atoms with Gasteiger partial charge in [0, 0.05) is 25.9 Å². The summed E-state index contributed by atoms with van der Waals surface area (Å²) >= 11 is 0. The van der Waals surface area contributed by atoms with E-state index in [-0.39, 0.29) is 5.91 Å². The number of amides is 1. The number of piperidine rings is 1. The highest BCUT2D eigenvalue weighted by molar-refractivity contribution is 5.76. The van der Waals surface area contributed by atoms with Crippen LogP contribution >= 0.6 is 0 Å². The Kier molecular flexibility index (Phi) is 4.82. The van der Waals surface area contributed by atoms with Gasteiger partial charge in [-0.1, -0.05) is 0 Å². The van der Waals surface area contributed by atoms with Crippen LogP contribution in [-0.2, 0) is 4.79 Å². The van der Waals surface area contributed by atoms with Gasteiger partial charge >= 0.3 is 0 Å². The first-order chi connectivity index (χ1) is 7.55. The highest BCUT2D eigenvalue weighted by Crippen LogP contribution is 2.21. The van der Waals surface area contributed by atoms with Crippen molar-refractivity contribution in [1.29, 1.82) is 0 Å². The van der Waals surface area contributed by atoms with Crippen LogP contribution in [0.5, 0.6) is 0 Å². The van der Waals surface area contributed by atoms with Crippen molar-refractivity contribution in [3.8, 4) is 12.3 Å². The van der Waals surface area contributed by atoms with E-state index in [0.717, 1.165) is 38.6 Å². The van der Waals surface area contributed by atoms with Crippen molar-refractivity contribution in [2.45, 2.75) is 51.0 Å². The second-order valence-corrected chi connectivity index (χ2v) is 4.83. The van der Waals surface area contributed by atoms with Crippen LogP contribution in [0.3, 0.4) is 0 Å². The molecule has 1 saturated heterocycles. The molecule has 0 aromatic carbocycles. The number of β-amino-alcohol motifs (C(OH)–C–C–N with tert-alkyl or cyclic N) is 1. The van der Waals surface area contributed by atoms with Crippen LogP contribution in [-0.4, -0.2) is 34.6 Å². The van der Waals surface area contributed by atoms with Crippen LogP contribution in [0.15, 0.2) is 0 Å². The van der Waals surface area contributed by atoms with E-state index in [4.69, 9.17) is 6.42 Å². The number of unbranched alkanes of at least 4 members (excludes halogenated alkanes) is 2. The first-order valence-electron chi connectivity index (χ1n) is 5.99. The largest absolute Gasteiger partial charge is 0.388 e. The van der Waals surface area contributed by atoms with E-state index in [0.29, 0.717) is 13.0 Å². The molecule has 0 saturated carbocycles. The summed E-state index contributed by atoms with van der Waals surface area (Å²) in [6, 6.07) is 0. The minimum atomic E-state index is -0.702. The van der Waals surface area contributed by atoms with E-state index >= 15 is 0 Å². The van der Waals surface area contributed by atoms with Crippen molar-refractivity contribution in [3.05, 3.63) is 0 Å². The standard InChI is InChI=1S/C13H21NO2/c1-3-4-5-6-8-12(15)14-10-7-9-13(2,16)11-14/h1,16H,4-11H2,2H3. The molecular formula is C13H21NO2. The van der Waals surface area contributed by atoms with E-state index in [2.05, 4.69) is 5.92 Å². The number of carbonyl (C=O) groups is 1. The van der Waals surface area contributed by atoms with Crippen molar-refractivity contribution in [2.24, 2.45) is 0 Å². The third-order valence-corrected chi connectivity index (χ3v) is 2.99. The van der Waals surface area contributed by atoms with Gasteiger partial charge < -0.3 is 10.0 Å². The zero-order valence-electron chi connectivity index (χ0n) is 10.0. The van der Waals surface area contributed by atoms with Crippen molar-refractivity contribution in [3.63, 3.8) is 0 Å². The van der Waals surface area contributed by atoms with E-state index in [9.17, 15) is 9.90 Å². The van der Waals surface area contributed by atoms with Gasteiger partial charge in [-0.3, -0.25) is 4.79 Å².